The zero-order valence-corrected chi connectivity index (χ0v) is 30.4. The molecule has 3 aliphatic heterocycles. The van der Waals surface area contributed by atoms with E-state index in [1.807, 2.05) is 51.1 Å². The van der Waals surface area contributed by atoms with Crippen LogP contribution in [0, 0.1) is 17.3 Å². The predicted molar refractivity (Wildman–Crippen MR) is 188 cm³/mol. The van der Waals surface area contributed by atoms with Gasteiger partial charge in [0.2, 0.25) is 17.7 Å². The minimum absolute atomic E-state index is 0.0963. The highest BCUT2D eigenvalue weighted by Crippen LogP contribution is 2.59. The lowest BCUT2D eigenvalue weighted by molar-refractivity contribution is -0.163. The van der Waals surface area contributed by atoms with Gasteiger partial charge in [-0.2, -0.15) is 0 Å². The van der Waals surface area contributed by atoms with Crippen LogP contribution in [0.3, 0.4) is 0 Å². The van der Waals surface area contributed by atoms with Gasteiger partial charge in [0.25, 0.3) is 0 Å². The zero-order chi connectivity index (χ0) is 36.3. The van der Waals surface area contributed by atoms with Gasteiger partial charge in [-0.1, -0.05) is 70.2 Å². The third-order valence-electron chi connectivity index (χ3n) is 10.4. The Morgan fingerprint density at radius 1 is 1.16 bits per heavy atom. The second-order valence-electron chi connectivity index (χ2n) is 15.8. The van der Waals surface area contributed by atoms with E-state index in [2.05, 4.69) is 39.2 Å². The van der Waals surface area contributed by atoms with Crippen molar-refractivity contribution in [3.05, 3.63) is 61.2 Å². The SMILES string of the molecule is C=CCCC(=O)N[C@@H](C)[C@H](OC(=O)[C@@H]1[C@H]2C(=O)N([C@@H](CC)CO)[C@H](C(=O)N(CC=C)C(C)(C)CC(C)(C)C)[C@]23CC[C@H]1O3)c1ccccc1. The fourth-order valence-electron chi connectivity index (χ4n) is 8.69. The number of nitrogens with zero attached hydrogens (tertiary/aromatic N) is 2. The molecular weight excluding hydrogens is 622 g/mol. The molecule has 0 radical (unpaired) electrons. The Morgan fingerprint density at radius 2 is 1.84 bits per heavy atom. The van der Waals surface area contributed by atoms with Crippen molar-refractivity contribution in [2.24, 2.45) is 17.3 Å². The van der Waals surface area contributed by atoms with E-state index in [4.69, 9.17) is 9.47 Å². The highest BCUT2D eigenvalue weighted by atomic mass is 16.6. The number of aliphatic hydroxyl groups is 1. The molecule has 10 heteroatoms. The minimum atomic E-state index is -1.25. The number of hydrogen-bond donors (Lipinski definition) is 2. The summed E-state index contributed by atoms with van der Waals surface area (Å²) in [4.78, 5) is 59.9. The molecular formula is C39H57N3O7. The second kappa shape index (κ2) is 15.2. The minimum Gasteiger partial charge on any atom is -0.455 e. The average molecular weight is 680 g/mol. The van der Waals surface area contributed by atoms with Gasteiger partial charge in [0, 0.05) is 18.5 Å². The van der Waals surface area contributed by atoms with Crippen LogP contribution in [0.4, 0.5) is 0 Å². The molecule has 0 aromatic heterocycles. The van der Waals surface area contributed by atoms with Crippen LogP contribution in [0.1, 0.15) is 98.7 Å². The summed E-state index contributed by atoms with van der Waals surface area (Å²) in [5.41, 5.74) is -1.25. The summed E-state index contributed by atoms with van der Waals surface area (Å²) >= 11 is 0. The fraction of sp³-hybridized carbons (Fsp3) is 0.641. The smallest absolute Gasteiger partial charge is 0.313 e. The maximum absolute atomic E-state index is 15.0. The number of ether oxygens (including phenoxy) is 2. The number of aliphatic hydroxyl groups excluding tert-OH is 1. The number of benzene rings is 1. The first kappa shape index (κ1) is 38.3. The van der Waals surface area contributed by atoms with Gasteiger partial charge in [0.1, 0.15) is 17.7 Å². The number of amides is 3. The summed E-state index contributed by atoms with van der Waals surface area (Å²) < 4.78 is 12.9. The zero-order valence-electron chi connectivity index (χ0n) is 30.4. The molecule has 2 N–H and O–H groups in total. The van der Waals surface area contributed by atoms with E-state index in [1.165, 1.54) is 4.90 Å². The maximum Gasteiger partial charge on any atom is 0.313 e. The molecule has 1 aromatic rings. The van der Waals surface area contributed by atoms with Crippen LogP contribution in [-0.4, -0.2) is 87.1 Å². The van der Waals surface area contributed by atoms with Gasteiger partial charge in [-0.3, -0.25) is 19.2 Å². The lowest BCUT2D eigenvalue weighted by atomic mass is 9.70. The summed E-state index contributed by atoms with van der Waals surface area (Å²) in [5.74, 6) is -3.36. The molecule has 3 amide bonds. The average Bonchev–Trinajstić information content (AvgIpc) is 3.68. The molecule has 0 unspecified atom stereocenters. The van der Waals surface area contributed by atoms with Gasteiger partial charge >= 0.3 is 5.97 Å². The number of likely N-dealkylation sites (tertiary alicyclic amines) is 1. The molecule has 49 heavy (non-hydrogen) atoms. The van der Waals surface area contributed by atoms with Crippen LogP contribution in [0.5, 0.6) is 0 Å². The normalized spacial score (nSPS) is 26.4. The molecule has 0 saturated carbocycles. The first-order valence-corrected chi connectivity index (χ1v) is 17.8. The molecule has 1 spiro atoms. The van der Waals surface area contributed by atoms with Crippen molar-refractivity contribution >= 4 is 23.7 Å². The Hall–Kier alpha value is -3.50. The highest BCUT2D eigenvalue weighted by molar-refractivity contribution is 5.98. The van der Waals surface area contributed by atoms with Gasteiger partial charge < -0.3 is 29.7 Å². The van der Waals surface area contributed by atoms with Crippen LogP contribution < -0.4 is 5.32 Å². The van der Waals surface area contributed by atoms with Crippen LogP contribution in [0.2, 0.25) is 0 Å². The number of esters is 1. The Morgan fingerprint density at radius 3 is 2.41 bits per heavy atom. The summed E-state index contributed by atoms with van der Waals surface area (Å²) in [6, 6.07) is 6.96. The molecule has 8 atom stereocenters. The summed E-state index contributed by atoms with van der Waals surface area (Å²) in [7, 11) is 0. The quantitative estimate of drug-likeness (QED) is 0.184. The molecule has 1 aromatic carbocycles. The van der Waals surface area contributed by atoms with E-state index in [0.29, 0.717) is 37.7 Å². The van der Waals surface area contributed by atoms with Gasteiger partial charge in [0.15, 0.2) is 0 Å². The van der Waals surface area contributed by atoms with Crippen LogP contribution >= 0.6 is 0 Å². The van der Waals surface area contributed by atoms with Gasteiger partial charge in [-0.05, 0) is 63.9 Å². The monoisotopic (exact) mass is 679 g/mol. The Kier molecular flexibility index (Phi) is 11.9. The number of allylic oxidation sites excluding steroid dienone is 1. The molecule has 270 valence electrons. The summed E-state index contributed by atoms with van der Waals surface area (Å²) in [6.07, 6.45) is 4.70. The van der Waals surface area contributed by atoms with Crippen molar-refractivity contribution in [3.63, 3.8) is 0 Å². The number of carbonyl (C=O) groups excluding carboxylic acids is 4. The largest absolute Gasteiger partial charge is 0.455 e. The predicted octanol–water partition coefficient (Wildman–Crippen LogP) is 5.12. The van der Waals surface area contributed by atoms with E-state index in [-0.39, 0.29) is 42.7 Å². The molecule has 10 nitrogen and oxygen atoms in total. The molecule has 0 aliphatic carbocycles. The van der Waals surface area contributed by atoms with Crippen molar-refractivity contribution in [3.8, 4) is 0 Å². The molecule has 2 bridgehead atoms. The van der Waals surface area contributed by atoms with Crippen LogP contribution in [0.15, 0.2) is 55.6 Å². The van der Waals surface area contributed by atoms with E-state index < -0.39 is 59.3 Å². The summed E-state index contributed by atoms with van der Waals surface area (Å²) in [5, 5.41) is 13.4. The first-order chi connectivity index (χ1) is 23.1. The third kappa shape index (κ3) is 7.65. The second-order valence-corrected chi connectivity index (χ2v) is 15.8. The molecule has 3 aliphatic rings. The molecule has 4 rings (SSSR count). The maximum atomic E-state index is 15.0. The first-order valence-electron chi connectivity index (χ1n) is 17.8. The van der Waals surface area contributed by atoms with Crippen molar-refractivity contribution in [2.75, 3.05) is 13.2 Å². The lowest BCUT2D eigenvalue weighted by Gasteiger charge is -2.46. The highest BCUT2D eigenvalue weighted by Gasteiger charge is 2.76. The topological polar surface area (TPSA) is 125 Å². The Balaban J connectivity index is 1.72. The fourth-order valence-corrected chi connectivity index (χ4v) is 8.69. The molecule has 3 heterocycles. The van der Waals surface area contributed by atoms with Gasteiger partial charge in [-0.25, -0.2) is 0 Å². The van der Waals surface area contributed by atoms with E-state index in [0.717, 1.165) is 0 Å². The van der Waals surface area contributed by atoms with E-state index in [1.54, 1.807) is 24.0 Å². The number of hydrogen-bond acceptors (Lipinski definition) is 7. The number of carbonyl (C=O) groups is 4. The third-order valence-corrected chi connectivity index (χ3v) is 10.4. The standard InChI is InChI=1S/C39H57N3O7/c1-10-13-19-29(44)40-25(4)32(26-17-15-14-16-18-26)48-36(47)30-28-20-21-39(49-28)31(30)34(45)42(27(12-3)23-43)33(39)35(46)41(22-11-2)38(8,9)24-37(5,6)7/h10-11,14-18,25,27-28,30-33,43H,1-2,12-13,19-24H2,3-9H3,(H,40,44)/t25-,27-,28+,30-,31-,32-,33+,39-/m0/s1. The Labute approximate surface area is 292 Å². The van der Waals surface area contributed by atoms with Gasteiger partial charge in [-0.15, -0.1) is 13.2 Å². The number of nitrogens with one attached hydrogen (secondary N) is 1. The van der Waals surface area contributed by atoms with E-state index in [9.17, 15) is 24.3 Å². The molecule has 3 fully saturated rings. The van der Waals surface area contributed by atoms with Gasteiger partial charge in [0.05, 0.1) is 36.6 Å². The Bertz CT molecular complexity index is 1380. The van der Waals surface area contributed by atoms with Crippen molar-refractivity contribution in [1.29, 1.82) is 0 Å². The van der Waals surface area contributed by atoms with E-state index >= 15 is 0 Å². The van der Waals surface area contributed by atoms with Crippen LogP contribution in [0.25, 0.3) is 0 Å². The number of fused-ring (bicyclic) bond motifs is 1. The van der Waals surface area contributed by atoms with Crippen LogP contribution in [-0.2, 0) is 28.7 Å². The number of rotatable bonds is 16. The molecule has 3 saturated heterocycles. The van der Waals surface area contributed by atoms with Crippen molar-refractivity contribution in [2.45, 2.75) is 128 Å². The van der Waals surface area contributed by atoms with Crippen molar-refractivity contribution in [1.82, 2.24) is 15.1 Å². The summed E-state index contributed by atoms with van der Waals surface area (Å²) in [6.45, 7) is 21.6. The van der Waals surface area contributed by atoms with Crippen molar-refractivity contribution < 1.29 is 33.8 Å². The lowest BCUT2D eigenvalue weighted by Crippen LogP contribution is -2.62.